The summed E-state index contributed by atoms with van der Waals surface area (Å²) in [4.78, 5) is 3.32. The van der Waals surface area contributed by atoms with Gasteiger partial charge in [-0.1, -0.05) is 0 Å². The number of nitrogens with zero attached hydrogens (tertiary/aromatic N) is 1. The van der Waals surface area contributed by atoms with Crippen LogP contribution in [0.3, 0.4) is 0 Å². The van der Waals surface area contributed by atoms with Crippen molar-refractivity contribution in [1.82, 2.24) is 4.98 Å². The number of pyridine rings is 1. The maximum absolute atomic E-state index is 12.4. The van der Waals surface area contributed by atoms with Crippen molar-refractivity contribution in [2.24, 2.45) is 5.73 Å². The molecular formula is C9H11F3N2O. The standard InChI is InChI=1S/C9H11F3N2O/c1-15-8-5-6(2-3-13)4-7(14-8)9(10,11)12/h4-5H,2-3,13H2,1H3. The molecule has 0 spiro atoms. The van der Waals surface area contributed by atoms with Gasteiger partial charge in [-0.3, -0.25) is 0 Å². The normalized spacial score (nSPS) is 11.5. The second-order valence-corrected chi connectivity index (χ2v) is 2.94. The van der Waals surface area contributed by atoms with E-state index in [0.717, 1.165) is 6.07 Å². The summed E-state index contributed by atoms with van der Waals surface area (Å²) in [6.45, 7) is 0.282. The Morgan fingerprint density at radius 3 is 2.53 bits per heavy atom. The lowest BCUT2D eigenvalue weighted by atomic mass is 10.1. The fourth-order valence-electron chi connectivity index (χ4n) is 1.12. The van der Waals surface area contributed by atoms with Gasteiger partial charge >= 0.3 is 6.18 Å². The molecule has 1 heterocycles. The predicted molar refractivity (Wildman–Crippen MR) is 48.5 cm³/mol. The van der Waals surface area contributed by atoms with Crippen LogP contribution in [0.2, 0.25) is 0 Å². The lowest BCUT2D eigenvalue weighted by molar-refractivity contribution is -0.141. The van der Waals surface area contributed by atoms with Crippen molar-refractivity contribution < 1.29 is 17.9 Å². The molecule has 3 nitrogen and oxygen atoms in total. The molecule has 0 bridgehead atoms. The first-order chi connectivity index (χ1) is 6.97. The van der Waals surface area contributed by atoms with Crippen LogP contribution in [-0.2, 0) is 12.6 Å². The average Bonchev–Trinajstić information content (AvgIpc) is 2.16. The smallest absolute Gasteiger partial charge is 0.433 e. The number of nitrogens with two attached hydrogens (primary N) is 1. The highest BCUT2D eigenvalue weighted by atomic mass is 19.4. The summed E-state index contributed by atoms with van der Waals surface area (Å²) in [5, 5.41) is 0. The van der Waals surface area contributed by atoms with E-state index in [1.807, 2.05) is 0 Å². The second-order valence-electron chi connectivity index (χ2n) is 2.94. The van der Waals surface area contributed by atoms with Gasteiger partial charge in [0.25, 0.3) is 0 Å². The van der Waals surface area contributed by atoms with E-state index in [1.165, 1.54) is 13.2 Å². The molecule has 6 heteroatoms. The van der Waals surface area contributed by atoms with E-state index >= 15 is 0 Å². The van der Waals surface area contributed by atoms with Crippen molar-refractivity contribution >= 4 is 0 Å². The Labute approximate surface area is 85.1 Å². The van der Waals surface area contributed by atoms with Gasteiger partial charge in [-0.05, 0) is 24.6 Å². The number of aromatic nitrogens is 1. The number of rotatable bonds is 3. The third-order valence-electron chi connectivity index (χ3n) is 1.79. The van der Waals surface area contributed by atoms with Crippen LogP contribution in [0.25, 0.3) is 0 Å². The van der Waals surface area contributed by atoms with Gasteiger partial charge in [-0.2, -0.15) is 13.2 Å². The van der Waals surface area contributed by atoms with Crippen molar-refractivity contribution in [3.05, 3.63) is 23.4 Å². The van der Waals surface area contributed by atoms with E-state index in [0.29, 0.717) is 12.0 Å². The van der Waals surface area contributed by atoms with E-state index in [9.17, 15) is 13.2 Å². The van der Waals surface area contributed by atoms with Crippen LogP contribution in [0.4, 0.5) is 13.2 Å². The summed E-state index contributed by atoms with van der Waals surface area (Å²) >= 11 is 0. The van der Waals surface area contributed by atoms with Gasteiger partial charge < -0.3 is 10.5 Å². The Morgan fingerprint density at radius 1 is 1.40 bits per heavy atom. The molecule has 0 fully saturated rings. The maximum atomic E-state index is 12.4. The number of hydrogen-bond acceptors (Lipinski definition) is 3. The number of halogens is 3. The summed E-state index contributed by atoms with van der Waals surface area (Å²) in [5.41, 5.74) is 4.78. The highest BCUT2D eigenvalue weighted by molar-refractivity contribution is 5.26. The third-order valence-corrected chi connectivity index (χ3v) is 1.79. The van der Waals surface area contributed by atoms with Crippen molar-refractivity contribution in [2.75, 3.05) is 13.7 Å². The Morgan fingerprint density at radius 2 is 2.07 bits per heavy atom. The van der Waals surface area contributed by atoms with Crippen LogP contribution in [0.15, 0.2) is 12.1 Å². The molecule has 1 aromatic heterocycles. The fourth-order valence-corrected chi connectivity index (χ4v) is 1.12. The molecule has 0 unspecified atom stereocenters. The van der Waals surface area contributed by atoms with Crippen LogP contribution in [0.5, 0.6) is 5.88 Å². The SMILES string of the molecule is COc1cc(CCN)cc(C(F)(F)F)n1. The predicted octanol–water partition coefficient (Wildman–Crippen LogP) is 1.61. The summed E-state index contributed by atoms with van der Waals surface area (Å²) < 4.78 is 41.8. The molecule has 0 saturated carbocycles. The van der Waals surface area contributed by atoms with Crippen molar-refractivity contribution in [3.63, 3.8) is 0 Å². The van der Waals surface area contributed by atoms with E-state index in [4.69, 9.17) is 5.73 Å². The summed E-state index contributed by atoms with van der Waals surface area (Å²) in [5.74, 6) is -0.0479. The first-order valence-electron chi connectivity index (χ1n) is 4.29. The highest BCUT2D eigenvalue weighted by Gasteiger charge is 2.33. The monoisotopic (exact) mass is 220 g/mol. The molecule has 2 N–H and O–H groups in total. The van der Waals surface area contributed by atoms with Crippen molar-refractivity contribution in [3.8, 4) is 5.88 Å². The Balaban J connectivity index is 3.11. The van der Waals surface area contributed by atoms with Crippen LogP contribution >= 0.6 is 0 Å². The molecule has 84 valence electrons. The molecule has 0 aromatic carbocycles. The first kappa shape index (κ1) is 11.8. The zero-order chi connectivity index (χ0) is 11.5. The Bertz CT molecular complexity index is 339. The van der Waals surface area contributed by atoms with Gasteiger partial charge in [-0.15, -0.1) is 0 Å². The summed E-state index contributed by atoms with van der Waals surface area (Å²) in [7, 11) is 1.27. The number of hydrogen-bond donors (Lipinski definition) is 1. The molecule has 1 aromatic rings. The van der Waals surface area contributed by atoms with Gasteiger partial charge in [-0.25, -0.2) is 4.98 Å². The lowest BCUT2D eigenvalue weighted by Gasteiger charge is -2.09. The van der Waals surface area contributed by atoms with Gasteiger partial charge in [0, 0.05) is 6.07 Å². The lowest BCUT2D eigenvalue weighted by Crippen LogP contribution is -2.11. The molecule has 15 heavy (non-hydrogen) atoms. The van der Waals surface area contributed by atoms with Crippen LogP contribution in [0, 0.1) is 0 Å². The topological polar surface area (TPSA) is 48.1 Å². The Kier molecular flexibility index (Phi) is 3.52. The summed E-state index contributed by atoms with van der Waals surface area (Å²) in [6.07, 6.45) is -4.10. The Hall–Kier alpha value is -1.30. The number of alkyl halides is 3. The van der Waals surface area contributed by atoms with Gasteiger partial charge in [0.15, 0.2) is 0 Å². The first-order valence-corrected chi connectivity index (χ1v) is 4.29. The molecule has 0 atom stereocenters. The fraction of sp³-hybridized carbons (Fsp3) is 0.444. The van der Waals surface area contributed by atoms with Gasteiger partial charge in [0.2, 0.25) is 5.88 Å². The molecule has 0 amide bonds. The van der Waals surface area contributed by atoms with E-state index in [-0.39, 0.29) is 12.4 Å². The van der Waals surface area contributed by atoms with Crippen molar-refractivity contribution in [2.45, 2.75) is 12.6 Å². The summed E-state index contributed by atoms with van der Waals surface area (Å²) in [6, 6.07) is 2.43. The minimum atomic E-state index is -4.46. The van der Waals surface area contributed by atoms with Gasteiger partial charge in [0.05, 0.1) is 7.11 Å². The highest BCUT2D eigenvalue weighted by Crippen LogP contribution is 2.29. The zero-order valence-electron chi connectivity index (χ0n) is 8.14. The molecular weight excluding hydrogens is 209 g/mol. The van der Waals surface area contributed by atoms with E-state index in [2.05, 4.69) is 9.72 Å². The van der Waals surface area contributed by atoms with Gasteiger partial charge in [0.1, 0.15) is 5.69 Å². The molecule has 0 aliphatic rings. The quantitative estimate of drug-likeness (QED) is 0.841. The van der Waals surface area contributed by atoms with E-state index in [1.54, 1.807) is 0 Å². The second kappa shape index (κ2) is 4.48. The largest absolute Gasteiger partial charge is 0.481 e. The third kappa shape index (κ3) is 3.09. The van der Waals surface area contributed by atoms with E-state index < -0.39 is 11.9 Å². The minimum Gasteiger partial charge on any atom is -0.481 e. The molecule has 0 radical (unpaired) electrons. The van der Waals surface area contributed by atoms with Crippen LogP contribution in [0.1, 0.15) is 11.3 Å². The molecule has 0 saturated heterocycles. The maximum Gasteiger partial charge on any atom is 0.433 e. The zero-order valence-corrected chi connectivity index (χ0v) is 8.14. The minimum absolute atomic E-state index is 0.0479. The molecule has 1 rings (SSSR count). The number of ether oxygens (including phenoxy) is 1. The van der Waals surface area contributed by atoms with Crippen LogP contribution < -0.4 is 10.5 Å². The number of methoxy groups -OCH3 is 1. The molecule has 0 aliphatic carbocycles. The van der Waals surface area contributed by atoms with Crippen LogP contribution in [-0.4, -0.2) is 18.6 Å². The van der Waals surface area contributed by atoms with Crippen molar-refractivity contribution in [1.29, 1.82) is 0 Å². The molecule has 0 aliphatic heterocycles. The average molecular weight is 220 g/mol.